The van der Waals surface area contributed by atoms with E-state index in [1.165, 1.54) is 4.90 Å². The molecule has 25 heavy (non-hydrogen) atoms. The SMILES string of the molecule is CC(C)(CC1CCCN(C(=O)c2cc(F)c(F)c(O)c2F)C1)C(N)=O. The second-order valence-electron chi connectivity index (χ2n) is 7.09. The van der Waals surface area contributed by atoms with Crippen LogP contribution in [0, 0.1) is 28.8 Å². The summed E-state index contributed by atoms with van der Waals surface area (Å²) in [5.74, 6) is -7.52. The molecule has 1 aliphatic rings. The van der Waals surface area contributed by atoms with Crippen LogP contribution in [0.25, 0.3) is 0 Å². The number of nitrogens with zero attached hydrogens (tertiary/aromatic N) is 1. The maximum absolute atomic E-state index is 14.0. The van der Waals surface area contributed by atoms with Gasteiger partial charge in [0.1, 0.15) is 0 Å². The Morgan fingerprint density at radius 2 is 1.96 bits per heavy atom. The van der Waals surface area contributed by atoms with E-state index in [0.29, 0.717) is 25.5 Å². The largest absolute Gasteiger partial charge is 0.503 e. The molecular weight excluding hydrogens is 337 g/mol. The lowest BCUT2D eigenvalue weighted by Gasteiger charge is -2.36. The Hall–Kier alpha value is -2.25. The van der Waals surface area contributed by atoms with Crippen LogP contribution in [0.4, 0.5) is 13.2 Å². The van der Waals surface area contributed by atoms with Gasteiger partial charge in [0.05, 0.1) is 5.56 Å². The zero-order valence-corrected chi connectivity index (χ0v) is 14.1. The predicted octanol–water partition coefficient (Wildman–Crippen LogP) is 2.56. The maximum atomic E-state index is 14.0. The summed E-state index contributed by atoms with van der Waals surface area (Å²) in [4.78, 5) is 25.3. The summed E-state index contributed by atoms with van der Waals surface area (Å²) in [6, 6.07) is 0.448. The third kappa shape index (κ3) is 3.88. The average molecular weight is 358 g/mol. The monoisotopic (exact) mass is 358 g/mol. The normalized spacial score (nSPS) is 18.3. The number of rotatable bonds is 4. The number of benzene rings is 1. The highest BCUT2D eigenvalue weighted by atomic mass is 19.2. The van der Waals surface area contributed by atoms with Gasteiger partial charge in [-0.25, -0.2) is 8.78 Å². The molecule has 0 spiro atoms. The topological polar surface area (TPSA) is 83.6 Å². The standard InChI is InChI=1S/C17H21F3N2O3/c1-17(2,16(21)25)7-9-4-3-5-22(8-9)15(24)10-6-11(18)13(20)14(23)12(10)19/h6,9,23H,3-5,7-8H2,1-2H3,(H2,21,25). The molecule has 0 aromatic heterocycles. The minimum atomic E-state index is -1.73. The molecule has 2 rings (SSSR count). The lowest BCUT2D eigenvalue weighted by Crippen LogP contribution is -2.43. The molecule has 138 valence electrons. The van der Waals surface area contributed by atoms with Gasteiger partial charge in [-0.05, 0) is 31.2 Å². The molecule has 0 saturated carbocycles. The fourth-order valence-corrected chi connectivity index (χ4v) is 3.15. The Morgan fingerprint density at radius 3 is 2.56 bits per heavy atom. The van der Waals surface area contributed by atoms with Crippen molar-refractivity contribution in [2.75, 3.05) is 13.1 Å². The summed E-state index contributed by atoms with van der Waals surface area (Å²) in [5.41, 5.74) is 3.90. The molecule has 1 unspecified atom stereocenters. The molecular formula is C17H21F3N2O3. The van der Waals surface area contributed by atoms with Gasteiger partial charge in [0, 0.05) is 18.5 Å². The summed E-state index contributed by atoms with van der Waals surface area (Å²) >= 11 is 0. The number of amides is 2. The molecule has 0 bridgehead atoms. The van der Waals surface area contributed by atoms with Gasteiger partial charge in [-0.15, -0.1) is 0 Å². The van der Waals surface area contributed by atoms with Crippen LogP contribution < -0.4 is 5.73 Å². The van der Waals surface area contributed by atoms with Crippen molar-refractivity contribution in [2.24, 2.45) is 17.1 Å². The molecule has 1 fully saturated rings. The Kier molecular flexibility index (Phi) is 5.29. The van der Waals surface area contributed by atoms with Gasteiger partial charge in [-0.1, -0.05) is 13.8 Å². The molecule has 1 aromatic rings. The molecule has 0 radical (unpaired) electrons. The van der Waals surface area contributed by atoms with E-state index in [1.54, 1.807) is 13.8 Å². The van der Waals surface area contributed by atoms with E-state index in [2.05, 4.69) is 0 Å². The van der Waals surface area contributed by atoms with Gasteiger partial charge < -0.3 is 15.7 Å². The summed E-state index contributed by atoms with van der Waals surface area (Å²) in [6.45, 7) is 3.99. The lowest BCUT2D eigenvalue weighted by molar-refractivity contribution is -0.127. The smallest absolute Gasteiger partial charge is 0.257 e. The van der Waals surface area contributed by atoms with Gasteiger partial charge in [0.25, 0.3) is 5.91 Å². The highest BCUT2D eigenvalue weighted by Gasteiger charge is 2.34. The van der Waals surface area contributed by atoms with Gasteiger partial charge >= 0.3 is 0 Å². The number of carbonyl (C=O) groups is 2. The number of primary amides is 1. The maximum Gasteiger partial charge on any atom is 0.257 e. The van der Waals surface area contributed by atoms with Crippen molar-refractivity contribution in [1.29, 1.82) is 0 Å². The fourth-order valence-electron chi connectivity index (χ4n) is 3.15. The van der Waals surface area contributed by atoms with Crippen LogP contribution in [0.15, 0.2) is 6.07 Å². The first-order chi connectivity index (χ1) is 11.5. The van der Waals surface area contributed by atoms with Gasteiger partial charge in [-0.3, -0.25) is 9.59 Å². The van der Waals surface area contributed by atoms with Crippen molar-refractivity contribution < 1.29 is 27.9 Å². The van der Waals surface area contributed by atoms with Gasteiger partial charge in [0.15, 0.2) is 17.4 Å². The number of aromatic hydroxyl groups is 1. The lowest BCUT2D eigenvalue weighted by atomic mass is 9.79. The first-order valence-electron chi connectivity index (χ1n) is 8.00. The van der Waals surface area contributed by atoms with E-state index in [4.69, 9.17) is 5.73 Å². The number of nitrogens with two attached hydrogens (primary N) is 1. The number of phenolic OH excluding ortho intramolecular Hbond substituents is 1. The summed E-state index contributed by atoms with van der Waals surface area (Å²) in [6.07, 6.45) is 1.85. The second-order valence-corrected chi connectivity index (χ2v) is 7.09. The molecule has 1 saturated heterocycles. The Balaban J connectivity index is 2.19. The minimum absolute atomic E-state index is 0.0258. The number of halogens is 3. The van der Waals surface area contributed by atoms with Crippen molar-refractivity contribution in [3.8, 4) is 5.75 Å². The quantitative estimate of drug-likeness (QED) is 0.812. The van der Waals surface area contributed by atoms with E-state index in [1.807, 2.05) is 0 Å². The number of piperidine rings is 1. The van der Waals surface area contributed by atoms with Crippen LogP contribution >= 0.6 is 0 Å². The Labute approximate surface area is 143 Å². The minimum Gasteiger partial charge on any atom is -0.503 e. The highest BCUT2D eigenvalue weighted by Crippen LogP contribution is 2.32. The molecule has 1 atom stereocenters. The average Bonchev–Trinajstić information content (AvgIpc) is 2.55. The van der Waals surface area contributed by atoms with Crippen molar-refractivity contribution in [2.45, 2.75) is 33.1 Å². The molecule has 2 amide bonds. The van der Waals surface area contributed by atoms with Crippen molar-refractivity contribution >= 4 is 11.8 Å². The van der Waals surface area contributed by atoms with Crippen LogP contribution in [0.3, 0.4) is 0 Å². The summed E-state index contributed by atoms with van der Waals surface area (Å²) < 4.78 is 40.5. The van der Waals surface area contributed by atoms with E-state index in [9.17, 15) is 27.9 Å². The zero-order chi connectivity index (χ0) is 18.9. The first-order valence-corrected chi connectivity index (χ1v) is 8.00. The van der Waals surface area contributed by atoms with Crippen LogP contribution in [-0.2, 0) is 4.79 Å². The first kappa shape index (κ1) is 19.1. The Morgan fingerprint density at radius 1 is 1.32 bits per heavy atom. The van der Waals surface area contributed by atoms with Crippen molar-refractivity contribution in [3.63, 3.8) is 0 Å². The molecule has 3 N–H and O–H groups in total. The number of phenols is 1. The van der Waals surface area contributed by atoms with Crippen LogP contribution in [0.2, 0.25) is 0 Å². The Bertz CT molecular complexity index is 707. The van der Waals surface area contributed by atoms with Crippen molar-refractivity contribution in [3.05, 3.63) is 29.1 Å². The molecule has 0 aliphatic carbocycles. The number of carbonyl (C=O) groups excluding carboxylic acids is 2. The predicted molar refractivity (Wildman–Crippen MR) is 84.2 cm³/mol. The van der Waals surface area contributed by atoms with Crippen molar-refractivity contribution in [1.82, 2.24) is 4.90 Å². The number of hydrogen-bond acceptors (Lipinski definition) is 3. The summed E-state index contributed by atoms with van der Waals surface area (Å²) in [5, 5.41) is 9.27. The van der Waals surface area contributed by atoms with E-state index < -0.39 is 46.0 Å². The summed E-state index contributed by atoms with van der Waals surface area (Å²) in [7, 11) is 0. The highest BCUT2D eigenvalue weighted by molar-refractivity contribution is 5.95. The van der Waals surface area contributed by atoms with Crippen LogP contribution in [-0.4, -0.2) is 34.9 Å². The third-order valence-electron chi connectivity index (χ3n) is 4.64. The number of hydrogen-bond donors (Lipinski definition) is 2. The van der Waals surface area contributed by atoms with Gasteiger partial charge in [0.2, 0.25) is 11.7 Å². The molecule has 1 aliphatic heterocycles. The van der Waals surface area contributed by atoms with Crippen LogP contribution in [0.1, 0.15) is 43.5 Å². The number of likely N-dealkylation sites (tertiary alicyclic amines) is 1. The second kappa shape index (κ2) is 6.93. The molecule has 8 heteroatoms. The third-order valence-corrected chi connectivity index (χ3v) is 4.64. The molecule has 1 heterocycles. The van der Waals surface area contributed by atoms with Crippen LogP contribution in [0.5, 0.6) is 5.75 Å². The van der Waals surface area contributed by atoms with E-state index >= 15 is 0 Å². The zero-order valence-electron chi connectivity index (χ0n) is 14.1. The molecule has 5 nitrogen and oxygen atoms in total. The van der Waals surface area contributed by atoms with E-state index in [0.717, 1.165) is 6.42 Å². The van der Waals surface area contributed by atoms with Gasteiger partial charge in [-0.2, -0.15) is 4.39 Å². The molecule has 1 aromatic carbocycles. The van der Waals surface area contributed by atoms with E-state index in [-0.39, 0.29) is 12.5 Å². The fraction of sp³-hybridized carbons (Fsp3) is 0.529.